The fraction of sp³-hybridized carbons (Fsp3) is 0.308. The molecule has 0 amide bonds. The summed E-state index contributed by atoms with van der Waals surface area (Å²) in [4.78, 5) is 29.1. The number of hydrogen-bond acceptors (Lipinski definition) is 7. The molecule has 192 valence electrons. The van der Waals surface area contributed by atoms with E-state index in [1.165, 1.54) is 17.1 Å². The van der Waals surface area contributed by atoms with Crippen LogP contribution in [0.3, 0.4) is 0 Å². The quantitative estimate of drug-likeness (QED) is 0.453. The molecule has 2 aromatic carbocycles. The maximum atomic E-state index is 13.3. The first-order chi connectivity index (χ1) is 17.0. The zero-order chi connectivity index (χ0) is 26.6. The molecule has 0 fully saturated rings. The Bertz CT molecular complexity index is 1290. The van der Waals surface area contributed by atoms with Crippen molar-refractivity contribution >= 4 is 37.9 Å². The largest absolute Gasteiger partial charge is 0.463 e. The number of carbonyl (C=O) groups excluding carboxylic acids is 2. The monoisotopic (exact) mass is 576 g/mol. The summed E-state index contributed by atoms with van der Waals surface area (Å²) in [5, 5.41) is 1.24. The van der Waals surface area contributed by atoms with E-state index in [1.807, 2.05) is 13.0 Å². The number of nitrogens with zero attached hydrogens (tertiary/aromatic N) is 1. The smallest absolute Gasteiger partial charge is 0.336 e. The van der Waals surface area contributed by atoms with Crippen LogP contribution in [0, 0.1) is 6.92 Å². The van der Waals surface area contributed by atoms with Crippen molar-refractivity contribution in [2.45, 2.75) is 45.4 Å². The van der Waals surface area contributed by atoms with Gasteiger partial charge in [-0.05, 0) is 58.4 Å². The van der Waals surface area contributed by atoms with Gasteiger partial charge in [0.1, 0.15) is 0 Å². The van der Waals surface area contributed by atoms with Crippen LogP contribution in [-0.4, -0.2) is 38.6 Å². The first-order valence-electron chi connectivity index (χ1n) is 11.4. The highest BCUT2D eigenvalue weighted by molar-refractivity contribution is 9.10. The summed E-state index contributed by atoms with van der Waals surface area (Å²) in [6.07, 6.45) is 0. The average Bonchev–Trinajstić information content (AvgIpc) is 2.82. The maximum absolute atomic E-state index is 13.3. The molecule has 0 spiro atoms. The summed E-state index contributed by atoms with van der Waals surface area (Å²) < 4.78 is 37.9. The average molecular weight is 577 g/mol. The van der Waals surface area contributed by atoms with Gasteiger partial charge in [-0.25, -0.2) is 18.0 Å². The number of esters is 2. The number of aryl methyl sites for hydroxylation is 1. The van der Waals surface area contributed by atoms with E-state index in [2.05, 4.69) is 20.8 Å². The molecule has 10 heteroatoms. The van der Waals surface area contributed by atoms with Crippen molar-refractivity contribution in [3.63, 3.8) is 0 Å². The topological polar surface area (TPSA) is 102 Å². The summed E-state index contributed by atoms with van der Waals surface area (Å²) in [7, 11) is -4.06. The minimum Gasteiger partial charge on any atom is -0.463 e. The minimum absolute atomic E-state index is 0.0389. The van der Waals surface area contributed by atoms with Gasteiger partial charge in [-0.1, -0.05) is 51.8 Å². The Balaban J connectivity index is 2.26. The van der Waals surface area contributed by atoms with Gasteiger partial charge in [0, 0.05) is 15.9 Å². The Morgan fingerprint density at radius 2 is 1.39 bits per heavy atom. The van der Waals surface area contributed by atoms with Crippen LogP contribution in [0.25, 0.3) is 0 Å². The molecule has 1 aliphatic heterocycles. The molecule has 0 aromatic heterocycles. The lowest BCUT2D eigenvalue weighted by Crippen LogP contribution is -2.45. The highest BCUT2D eigenvalue weighted by atomic mass is 79.9. The predicted molar refractivity (Wildman–Crippen MR) is 139 cm³/mol. The molecule has 1 N–H and O–H groups in total. The van der Waals surface area contributed by atoms with Crippen molar-refractivity contribution in [1.82, 2.24) is 9.84 Å². The number of hydrazine groups is 1. The molecule has 36 heavy (non-hydrogen) atoms. The van der Waals surface area contributed by atoms with Crippen LogP contribution in [0.5, 0.6) is 0 Å². The van der Waals surface area contributed by atoms with Gasteiger partial charge in [0.2, 0.25) is 0 Å². The zero-order valence-electron chi connectivity index (χ0n) is 20.8. The third kappa shape index (κ3) is 5.55. The first kappa shape index (κ1) is 27.6. The highest BCUT2D eigenvalue weighted by Gasteiger charge is 2.42. The fourth-order valence-electron chi connectivity index (χ4n) is 4.05. The van der Waals surface area contributed by atoms with Gasteiger partial charge in [-0.3, -0.25) is 5.01 Å². The molecule has 0 aliphatic carbocycles. The first-order valence-corrected chi connectivity index (χ1v) is 13.7. The number of allylic oxidation sites excluding steroid dienone is 2. The normalized spacial score (nSPS) is 14.8. The molecule has 0 unspecified atom stereocenters. The second-order valence-electron chi connectivity index (χ2n) is 8.14. The summed E-state index contributed by atoms with van der Waals surface area (Å²) in [6, 6.07) is 13.6. The maximum Gasteiger partial charge on any atom is 0.336 e. The lowest BCUT2D eigenvalue weighted by atomic mass is 9.80. The van der Waals surface area contributed by atoms with Gasteiger partial charge >= 0.3 is 11.9 Å². The van der Waals surface area contributed by atoms with Gasteiger partial charge in [-0.15, -0.1) is 4.83 Å². The van der Waals surface area contributed by atoms with Gasteiger partial charge in [0.15, 0.2) is 0 Å². The van der Waals surface area contributed by atoms with E-state index in [0.29, 0.717) is 10.0 Å². The predicted octanol–water partition coefficient (Wildman–Crippen LogP) is 4.72. The van der Waals surface area contributed by atoms with Crippen molar-refractivity contribution in [3.8, 4) is 0 Å². The minimum atomic E-state index is -4.06. The molecule has 0 bridgehead atoms. The van der Waals surface area contributed by atoms with Gasteiger partial charge < -0.3 is 9.47 Å². The molecular weight excluding hydrogens is 548 g/mol. The molecule has 1 aliphatic rings. The third-order valence-corrected chi connectivity index (χ3v) is 7.82. The molecule has 0 saturated carbocycles. The standard InChI is InChI=1S/C26H29BrN2O6S/c1-6-34-25(30)22-17(4)29(28-36(32,33)19-14-12-16(3)13-15-19)18(5)23(26(31)35-7-2)24(22)20-10-8-9-11-21(20)27/h8-15,24,28H,6-7H2,1-5H3. The highest BCUT2D eigenvalue weighted by Crippen LogP contribution is 2.44. The molecule has 3 rings (SSSR count). The Morgan fingerprint density at radius 3 is 1.86 bits per heavy atom. The van der Waals surface area contributed by atoms with Crippen LogP contribution >= 0.6 is 15.9 Å². The Labute approximate surface area is 220 Å². The number of hydrogen-bond donors (Lipinski definition) is 1. The summed E-state index contributed by atoms with van der Waals surface area (Å²) in [5.41, 5.74) is 2.38. The SMILES string of the molecule is CCOC(=O)C1=C(C)N(NS(=O)(=O)c2ccc(C)cc2)C(C)=C(C(=O)OCC)C1c1ccccc1Br. The van der Waals surface area contributed by atoms with E-state index in [1.54, 1.807) is 58.0 Å². The molecule has 8 nitrogen and oxygen atoms in total. The molecule has 2 aromatic rings. The third-order valence-electron chi connectivity index (χ3n) is 5.78. The van der Waals surface area contributed by atoms with Gasteiger partial charge in [0.25, 0.3) is 10.0 Å². The van der Waals surface area contributed by atoms with Crippen LogP contribution in [-0.2, 0) is 29.1 Å². The van der Waals surface area contributed by atoms with E-state index < -0.39 is 27.9 Å². The number of sulfonamides is 1. The Kier molecular flexibility index (Phi) is 8.76. The number of rotatable bonds is 8. The van der Waals surface area contributed by atoms with E-state index in [0.717, 1.165) is 5.56 Å². The van der Waals surface area contributed by atoms with Crippen LogP contribution in [0.2, 0.25) is 0 Å². The van der Waals surface area contributed by atoms with E-state index >= 15 is 0 Å². The molecule has 0 saturated heterocycles. The van der Waals surface area contributed by atoms with Crippen LogP contribution in [0.15, 0.2) is 80.4 Å². The van der Waals surface area contributed by atoms with Crippen molar-refractivity contribution in [2.24, 2.45) is 0 Å². The van der Waals surface area contributed by atoms with E-state index in [4.69, 9.17) is 9.47 Å². The summed E-state index contributed by atoms with van der Waals surface area (Å²) >= 11 is 3.53. The van der Waals surface area contributed by atoms with E-state index in [-0.39, 0.29) is 40.6 Å². The fourth-order valence-corrected chi connectivity index (χ4v) is 5.68. The summed E-state index contributed by atoms with van der Waals surface area (Å²) in [6.45, 7) is 8.63. The molecule has 0 radical (unpaired) electrons. The van der Waals surface area contributed by atoms with E-state index in [9.17, 15) is 18.0 Å². The van der Waals surface area contributed by atoms with Crippen molar-refractivity contribution < 1.29 is 27.5 Å². The van der Waals surface area contributed by atoms with Crippen molar-refractivity contribution in [3.05, 3.63) is 86.7 Å². The lowest BCUT2D eigenvalue weighted by Gasteiger charge is -2.37. The number of halogens is 1. The zero-order valence-corrected chi connectivity index (χ0v) is 23.2. The van der Waals surface area contributed by atoms with Crippen molar-refractivity contribution in [1.29, 1.82) is 0 Å². The van der Waals surface area contributed by atoms with Gasteiger partial charge in [0.05, 0.1) is 35.2 Å². The molecule has 1 heterocycles. The second kappa shape index (κ2) is 11.4. The lowest BCUT2D eigenvalue weighted by molar-refractivity contribution is -0.139. The Hall–Kier alpha value is -2.95. The van der Waals surface area contributed by atoms with Crippen molar-refractivity contribution in [2.75, 3.05) is 13.2 Å². The Morgan fingerprint density at radius 1 is 0.889 bits per heavy atom. The van der Waals surface area contributed by atoms with Crippen LogP contribution < -0.4 is 4.83 Å². The van der Waals surface area contributed by atoms with Crippen LogP contribution in [0.4, 0.5) is 0 Å². The second-order valence-corrected chi connectivity index (χ2v) is 10.7. The van der Waals surface area contributed by atoms with Gasteiger partial charge in [-0.2, -0.15) is 0 Å². The number of nitrogens with one attached hydrogen (secondary N) is 1. The number of carbonyl (C=O) groups is 2. The molecular formula is C26H29BrN2O6S. The molecule has 0 atom stereocenters. The summed E-state index contributed by atoms with van der Waals surface area (Å²) in [5.74, 6) is -2.17. The number of benzene rings is 2. The van der Waals surface area contributed by atoms with Crippen LogP contribution in [0.1, 0.15) is 44.7 Å². The number of ether oxygens (including phenoxy) is 2.